The van der Waals surface area contributed by atoms with Gasteiger partial charge in [0, 0.05) is 17.0 Å². The van der Waals surface area contributed by atoms with E-state index in [0.717, 1.165) is 16.5 Å². The summed E-state index contributed by atoms with van der Waals surface area (Å²) >= 11 is 0. The van der Waals surface area contributed by atoms with Gasteiger partial charge < -0.3 is 4.52 Å². The Bertz CT molecular complexity index is 484. The van der Waals surface area contributed by atoms with Gasteiger partial charge in [-0.2, -0.15) is 0 Å². The van der Waals surface area contributed by atoms with Crippen molar-refractivity contribution in [1.29, 1.82) is 0 Å². The molecule has 156 valence electrons. The summed E-state index contributed by atoms with van der Waals surface area (Å²) in [5.74, 6) is 0.680. The van der Waals surface area contributed by atoms with Crippen molar-refractivity contribution in [2.75, 3.05) is 12.8 Å². The summed E-state index contributed by atoms with van der Waals surface area (Å²) in [6.45, 7) is 26.9. The van der Waals surface area contributed by atoms with E-state index in [9.17, 15) is 4.57 Å². The van der Waals surface area contributed by atoms with Gasteiger partial charge in [-0.15, -0.1) is 9.24 Å². The molecule has 1 aliphatic rings. The van der Waals surface area contributed by atoms with Gasteiger partial charge in [0.05, 0.1) is 0 Å². The van der Waals surface area contributed by atoms with Crippen LogP contribution in [0.3, 0.4) is 0 Å². The number of hydrogen-bond acceptors (Lipinski definition) is 2. The summed E-state index contributed by atoms with van der Waals surface area (Å²) in [7, 11) is -0.283. The third-order valence-electron chi connectivity index (χ3n) is 2.87. The van der Waals surface area contributed by atoms with E-state index in [4.69, 9.17) is 4.52 Å². The van der Waals surface area contributed by atoms with Crippen molar-refractivity contribution >= 4 is 16.6 Å². The average molecular weight is 405 g/mol. The van der Waals surface area contributed by atoms with Gasteiger partial charge in [0.15, 0.2) is 0 Å². The maximum atomic E-state index is 12.6. The first-order chi connectivity index (χ1) is 12.0. The molecule has 1 aliphatic heterocycles. The van der Waals surface area contributed by atoms with Crippen LogP contribution in [0.5, 0.6) is 0 Å². The van der Waals surface area contributed by atoms with Crippen molar-refractivity contribution in [2.45, 2.75) is 69.7 Å². The van der Waals surface area contributed by atoms with Gasteiger partial charge in [0.1, 0.15) is 5.76 Å². The first kappa shape index (κ1) is 36.1. The van der Waals surface area contributed by atoms with Gasteiger partial charge in [0.25, 0.3) is 7.37 Å². The quantitative estimate of drug-likeness (QED) is 0.345. The summed E-state index contributed by atoms with van der Waals surface area (Å²) in [6.07, 6.45) is 7.68. The van der Waals surface area contributed by atoms with Gasteiger partial charge in [-0.1, -0.05) is 100 Å². The Balaban J connectivity index is -0.000000144. The second kappa shape index (κ2) is 24.2. The van der Waals surface area contributed by atoms with E-state index in [2.05, 4.69) is 22.4 Å². The Morgan fingerprint density at radius 1 is 1.00 bits per heavy atom. The highest BCUT2D eigenvalue weighted by atomic mass is 31.2. The molecular weight excluding hydrogens is 358 g/mol. The van der Waals surface area contributed by atoms with Gasteiger partial charge in [-0.3, -0.25) is 4.57 Å². The molecule has 26 heavy (non-hydrogen) atoms. The number of allylic oxidation sites excluding steroid dienone is 8. The van der Waals surface area contributed by atoms with Crippen LogP contribution in [0.1, 0.15) is 69.7 Å². The standard InChI is InChI=1S/C14H19O2P.3C2H6.CH5P.CH4/c1-6-9-10-14-12(5)17(15,8-3)16-11(4)13(14)7-2;4*1-2;/h6-7,9-10H,1-2,8H2,3-5H3;3*1-2H3;2H2,1H3;1H4/b10-9-;;;;;. The summed E-state index contributed by atoms with van der Waals surface area (Å²) < 4.78 is 18.2. The van der Waals surface area contributed by atoms with Gasteiger partial charge >= 0.3 is 0 Å². The van der Waals surface area contributed by atoms with E-state index in [0.29, 0.717) is 11.9 Å². The molecule has 0 aromatic carbocycles. The fourth-order valence-corrected chi connectivity index (χ4v) is 3.68. The average Bonchev–Trinajstić information content (AvgIpc) is 2.69. The SMILES string of the molecule is C.C=C/C=C\C1=C(C)P(=O)(CC)OC(C)=C1C=C.CC.CC.CC.CP. The van der Waals surface area contributed by atoms with E-state index in [1.165, 1.54) is 0 Å². The van der Waals surface area contributed by atoms with Crippen molar-refractivity contribution in [2.24, 2.45) is 0 Å². The van der Waals surface area contributed by atoms with Crippen LogP contribution in [0.4, 0.5) is 0 Å². The molecule has 0 radical (unpaired) electrons. The lowest BCUT2D eigenvalue weighted by molar-refractivity contribution is 0.404. The second-order valence-corrected chi connectivity index (χ2v) is 6.68. The summed E-state index contributed by atoms with van der Waals surface area (Å²) in [4.78, 5) is 0. The molecule has 1 heterocycles. The van der Waals surface area contributed by atoms with Gasteiger partial charge in [0.2, 0.25) is 0 Å². The first-order valence-electron chi connectivity index (χ1n) is 9.20. The zero-order valence-corrected chi connectivity index (χ0v) is 20.3. The van der Waals surface area contributed by atoms with Crippen molar-refractivity contribution in [3.05, 3.63) is 59.7 Å². The zero-order valence-electron chi connectivity index (χ0n) is 18.3. The third kappa shape index (κ3) is 11.7. The molecule has 0 saturated heterocycles. The van der Waals surface area contributed by atoms with Crippen molar-refractivity contribution < 1.29 is 9.09 Å². The van der Waals surface area contributed by atoms with Crippen molar-refractivity contribution in [3.8, 4) is 0 Å². The molecule has 0 spiro atoms. The van der Waals surface area contributed by atoms with Crippen LogP contribution in [0.25, 0.3) is 0 Å². The minimum absolute atomic E-state index is 0. The molecule has 0 aromatic rings. The molecule has 1 rings (SSSR count). The van der Waals surface area contributed by atoms with E-state index in [1.807, 2.05) is 81.1 Å². The lowest BCUT2D eigenvalue weighted by Gasteiger charge is -2.28. The largest absolute Gasteiger partial charge is 0.444 e. The maximum Gasteiger partial charge on any atom is 0.273 e. The molecular formula is C22H46O2P2. The first-order valence-corrected chi connectivity index (χ1v) is 12.2. The van der Waals surface area contributed by atoms with Gasteiger partial charge in [-0.25, -0.2) is 0 Å². The van der Waals surface area contributed by atoms with Crippen LogP contribution in [-0.2, 0) is 9.09 Å². The molecule has 0 bridgehead atoms. The monoisotopic (exact) mass is 404 g/mol. The second-order valence-electron chi connectivity index (χ2n) is 3.85. The minimum Gasteiger partial charge on any atom is -0.444 e. The van der Waals surface area contributed by atoms with Crippen LogP contribution in [-0.4, -0.2) is 12.8 Å². The lowest BCUT2D eigenvalue weighted by atomic mass is 10.0. The zero-order chi connectivity index (χ0) is 21.1. The van der Waals surface area contributed by atoms with E-state index < -0.39 is 7.37 Å². The van der Waals surface area contributed by atoms with Crippen LogP contribution < -0.4 is 0 Å². The third-order valence-corrected chi connectivity index (χ3v) is 5.54. The smallest absolute Gasteiger partial charge is 0.273 e. The van der Waals surface area contributed by atoms with Gasteiger partial charge in [-0.05, 0) is 19.4 Å². The lowest BCUT2D eigenvalue weighted by Crippen LogP contribution is -2.05. The maximum absolute atomic E-state index is 12.6. The Hall–Kier alpha value is -0.840. The highest BCUT2D eigenvalue weighted by molar-refractivity contribution is 7.63. The molecule has 0 N–H and O–H groups in total. The van der Waals surface area contributed by atoms with E-state index >= 15 is 0 Å². The molecule has 4 heteroatoms. The van der Waals surface area contributed by atoms with Crippen LogP contribution in [0.2, 0.25) is 0 Å². The highest BCUT2D eigenvalue weighted by Crippen LogP contribution is 2.60. The normalized spacial score (nSPS) is 17.3. The predicted octanol–water partition coefficient (Wildman–Crippen LogP) is 9.00. The van der Waals surface area contributed by atoms with E-state index in [-0.39, 0.29) is 7.43 Å². The molecule has 0 amide bonds. The summed E-state index contributed by atoms with van der Waals surface area (Å²) in [5.41, 5.74) is 1.84. The van der Waals surface area contributed by atoms with Crippen molar-refractivity contribution in [1.82, 2.24) is 0 Å². The summed E-state index contributed by atoms with van der Waals surface area (Å²) in [5, 5.41) is 0.804. The Labute approximate surface area is 168 Å². The van der Waals surface area contributed by atoms with Crippen LogP contribution >= 0.6 is 16.6 Å². The molecule has 0 aliphatic carbocycles. The molecule has 0 fully saturated rings. The molecule has 2 unspecified atom stereocenters. The van der Waals surface area contributed by atoms with E-state index in [1.54, 1.807) is 12.2 Å². The number of hydrogen-bond donors (Lipinski definition) is 0. The highest BCUT2D eigenvalue weighted by Gasteiger charge is 2.32. The Morgan fingerprint density at radius 3 is 1.73 bits per heavy atom. The minimum atomic E-state index is -2.70. The fourth-order valence-electron chi connectivity index (χ4n) is 1.84. The van der Waals surface area contributed by atoms with Crippen molar-refractivity contribution in [3.63, 3.8) is 0 Å². The van der Waals surface area contributed by atoms with Crippen LogP contribution in [0, 0.1) is 0 Å². The Morgan fingerprint density at radius 2 is 1.42 bits per heavy atom. The molecule has 0 aromatic heterocycles. The van der Waals surface area contributed by atoms with Crippen LogP contribution in [0.15, 0.2) is 59.7 Å². The fraction of sp³-hybridized carbons (Fsp3) is 0.545. The predicted molar refractivity (Wildman–Crippen MR) is 131 cm³/mol. The molecule has 0 saturated carbocycles. The summed E-state index contributed by atoms with van der Waals surface area (Å²) in [6, 6.07) is 0. The Kier molecular flexibility index (Phi) is 33.6. The molecule has 2 atom stereocenters. The molecule has 2 nitrogen and oxygen atoms in total. The number of rotatable bonds is 4. The topological polar surface area (TPSA) is 26.3 Å².